The molecule has 1 fully saturated rings. The number of sulfonamides is 1. The van der Waals surface area contributed by atoms with Gasteiger partial charge in [-0.1, -0.05) is 0 Å². The third-order valence-corrected chi connectivity index (χ3v) is 4.51. The van der Waals surface area contributed by atoms with E-state index in [1.165, 1.54) is 18.2 Å². The molecule has 0 saturated heterocycles. The van der Waals surface area contributed by atoms with Gasteiger partial charge in [0.2, 0.25) is 10.0 Å². The molecule has 0 radical (unpaired) electrons. The highest BCUT2D eigenvalue weighted by molar-refractivity contribution is 9.10. The lowest BCUT2D eigenvalue weighted by atomic mass is 10.3. The number of rotatable bonds is 6. The number of nitrogens with one attached hydrogen (secondary N) is 2. The Morgan fingerprint density at radius 3 is 2.72 bits per heavy atom. The molecule has 0 spiro atoms. The van der Waals surface area contributed by atoms with Crippen molar-refractivity contribution in [2.75, 3.05) is 17.0 Å². The normalized spacial score (nSPS) is 15.7. The third kappa shape index (κ3) is 4.22. The minimum atomic E-state index is -3.40. The largest absolute Gasteiger partial charge is 0.313 e. The van der Waals surface area contributed by atoms with Crippen molar-refractivity contribution in [1.29, 1.82) is 0 Å². The van der Waals surface area contributed by atoms with Crippen LogP contribution in [0, 0.1) is 5.82 Å². The van der Waals surface area contributed by atoms with E-state index in [1.807, 2.05) is 0 Å². The summed E-state index contributed by atoms with van der Waals surface area (Å²) in [6.07, 6.45) is 2.24. The smallest absolute Gasteiger partial charge is 0.234 e. The molecule has 0 amide bonds. The summed E-state index contributed by atoms with van der Waals surface area (Å²) in [5, 5.41) is 3.13. The van der Waals surface area contributed by atoms with Crippen LogP contribution in [0.15, 0.2) is 22.7 Å². The average molecular weight is 337 g/mol. The maximum absolute atomic E-state index is 12.9. The Balaban J connectivity index is 1.93. The third-order valence-electron chi connectivity index (χ3n) is 2.58. The van der Waals surface area contributed by atoms with Crippen LogP contribution in [-0.4, -0.2) is 26.8 Å². The van der Waals surface area contributed by atoms with Crippen molar-refractivity contribution in [3.05, 3.63) is 28.5 Å². The van der Waals surface area contributed by atoms with E-state index < -0.39 is 15.8 Å². The highest BCUT2D eigenvalue weighted by atomic mass is 79.9. The minimum absolute atomic E-state index is 0.00726. The molecule has 100 valence electrons. The fourth-order valence-corrected chi connectivity index (χ4v) is 3.06. The first-order chi connectivity index (χ1) is 8.46. The van der Waals surface area contributed by atoms with E-state index in [0.29, 0.717) is 22.7 Å². The molecule has 1 aromatic rings. The van der Waals surface area contributed by atoms with E-state index in [9.17, 15) is 12.8 Å². The molecule has 1 aromatic carbocycles. The van der Waals surface area contributed by atoms with E-state index in [-0.39, 0.29) is 5.75 Å². The van der Waals surface area contributed by atoms with Crippen molar-refractivity contribution in [1.82, 2.24) is 5.32 Å². The summed E-state index contributed by atoms with van der Waals surface area (Å²) in [6, 6.07) is 4.31. The van der Waals surface area contributed by atoms with Gasteiger partial charge in [0.05, 0.1) is 11.4 Å². The van der Waals surface area contributed by atoms with Crippen LogP contribution in [0.1, 0.15) is 12.8 Å². The average Bonchev–Trinajstić information content (AvgIpc) is 3.06. The van der Waals surface area contributed by atoms with Gasteiger partial charge < -0.3 is 5.32 Å². The molecular weight excluding hydrogens is 323 g/mol. The summed E-state index contributed by atoms with van der Waals surface area (Å²) in [6.45, 7) is 0.429. The van der Waals surface area contributed by atoms with Crippen LogP contribution in [0.4, 0.5) is 10.1 Å². The first-order valence-electron chi connectivity index (χ1n) is 5.65. The molecule has 7 heteroatoms. The molecule has 2 N–H and O–H groups in total. The lowest BCUT2D eigenvalue weighted by Crippen LogP contribution is -2.28. The van der Waals surface area contributed by atoms with Gasteiger partial charge >= 0.3 is 0 Å². The Hall–Kier alpha value is -0.660. The van der Waals surface area contributed by atoms with Crippen LogP contribution in [0.5, 0.6) is 0 Å². The molecule has 4 nitrogen and oxygen atoms in total. The molecular formula is C11H14BrFN2O2S. The van der Waals surface area contributed by atoms with Gasteiger partial charge in [-0.05, 0) is 47.0 Å². The number of hydrogen-bond acceptors (Lipinski definition) is 3. The highest BCUT2D eigenvalue weighted by Gasteiger charge is 2.21. The molecule has 18 heavy (non-hydrogen) atoms. The zero-order chi connectivity index (χ0) is 13.2. The highest BCUT2D eigenvalue weighted by Crippen LogP contribution is 2.24. The van der Waals surface area contributed by atoms with Gasteiger partial charge in [-0.3, -0.25) is 4.72 Å². The van der Waals surface area contributed by atoms with Crippen molar-refractivity contribution in [3.63, 3.8) is 0 Å². The summed E-state index contributed by atoms with van der Waals surface area (Å²) < 4.78 is 39.2. The zero-order valence-electron chi connectivity index (χ0n) is 9.62. The molecule has 0 aliphatic heterocycles. The molecule has 0 heterocycles. The zero-order valence-corrected chi connectivity index (χ0v) is 12.0. The van der Waals surface area contributed by atoms with Gasteiger partial charge in [-0.2, -0.15) is 0 Å². The molecule has 0 unspecified atom stereocenters. The second-order valence-corrected chi connectivity index (χ2v) is 6.97. The predicted molar refractivity (Wildman–Crippen MR) is 72.5 cm³/mol. The van der Waals surface area contributed by atoms with Crippen molar-refractivity contribution in [2.45, 2.75) is 18.9 Å². The van der Waals surface area contributed by atoms with Gasteiger partial charge in [0.15, 0.2) is 0 Å². The van der Waals surface area contributed by atoms with E-state index in [0.717, 1.165) is 12.8 Å². The maximum Gasteiger partial charge on any atom is 0.234 e. The maximum atomic E-state index is 12.9. The summed E-state index contributed by atoms with van der Waals surface area (Å²) >= 11 is 3.12. The van der Waals surface area contributed by atoms with Gasteiger partial charge in [0.25, 0.3) is 0 Å². The quantitative estimate of drug-likeness (QED) is 0.836. The van der Waals surface area contributed by atoms with Crippen LogP contribution >= 0.6 is 15.9 Å². The van der Waals surface area contributed by atoms with Gasteiger partial charge in [-0.15, -0.1) is 0 Å². The van der Waals surface area contributed by atoms with Gasteiger partial charge in [-0.25, -0.2) is 12.8 Å². The van der Waals surface area contributed by atoms with E-state index in [4.69, 9.17) is 0 Å². The Morgan fingerprint density at radius 1 is 1.39 bits per heavy atom. The monoisotopic (exact) mass is 336 g/mol. The van der Waals surface area contributed by atoms with Gasteiger partial charge in [0, 0.05) is 17.1 Å². The van der Waals surface area contributed by atoms with Crippen LogP contribution in [0.25, 0.3) is 0 Å². The second kappa shape index (κ2) is 5.54. The molecule has 1 saturated carbocycles. The second-order valence-electron chi connectivity index (χ2n) is 4.27. The molecule has 0 bridgehead atoms. The fourth-order valence-electron chi connectivity index (χ4n) is 1.48. The standard InChI is InChI=1S/C11H14BrFN2O2S/c12-10-7-8(13)1-4-11(10)15-18(16,17)6-5-14-9-2-3-9/h1,4,7,9,14-15H,2-3,5-6H2. The lowest BCUT2D eigenvalue weighted by Gasteiger charge is -2.10. The van der Waals surface area contributed by atoms with Crippen LogP contribution in [0.3, 0.4) is 0 Å². The van der Waals surface area contributed by atoms with E-state index >= 15 is 0 Å². The molecule has 1 aliphatic rings. The Bertz CT molecular complexity index is 532. The van der Waals surface area contributed by atoms with Crippen molar-refractivity contribution in [2.24, 2.45) is 0 Å². The fraction of sp³-hybridized carbons (Fsp3) is 0.455. The number of anilines is 1. The van der Waals surface area contributed by atoms with Gasteiger partial charge in [0.1, 0.15) is 5.82 Å². The summed E-state index contributed by atoms with van der Waals surface area (Å²) in [5.74, 6) is -0.409. The molecule has 1 aliphatic carbocycles. The molecule has 0 aromatic heterocycles. The summed E-state index contributed by atoms with van der Waals surface area (Å²) in [5.41, 5.74) is 0.350. The van der Waals surface area contributed by atoms with Crippen LogP contribution in [-0.2, 0) is 10.0 Å². The first kappa shape index (κ1) is 13.8. The van der Waals surface area contributed by atoms with E-state index in [1.54, 1.807) is 0 Å². The van der Waals surface area contributed by atoms with Crippen LogP contribution in [0.2, 0.25) is 0 Å². The number of hydrogen-bond donors (Lipinski definition) is 2. The number of benzene rings is 1. The van der Waals surface area contributed by atoms with Crippen molar-refractivity contribution >= 4 is 31.6 Å². The Kier molecular flexibility index (Phi) is 4.24. The molecule has 2 rings (SSSR count). The lowest BCUT2D eigenvalue weighted by molar-refractivity contribution is 0.595. The number of halogens is 2. The minimum Gasteiger partial charge on any atom is -0.313 e. The predicted octanol–water partition coefficient (Wildman–Crippen LogP) is 2.08. The topological polar surface area (TPSA) is 58.2 Å². The van der Waals surface area contributed by atoms with Crippen LogP contribution < -0.4 is 10.0 Å². The first-order valence-corrected chi connectivity index (χ1v) is 8.10. The SMILES string of the molecule is O=S(=O)(CCNC1CC1)Nc1ccc(F)cc1Br. The Labute approximate surface area is 114 Å². The summed E-state index contributed by atoms with van der Waals surface area (Å²) in [7, 11) is -3.40. The Morgan fingerprint density at radius 2 is 2.11 bits per heavy atom. The van der Waals surface area contributed by atoms with E-state index in [2.05, 4.69) is 26.0 Å². The van der Waals surface area contributed by atoms with Crippen molar-refractivity contribution in [3.8, 4) is 0 Å². The van der Waals surface area contributed by atoms with Crippen molar-refractivity contribution < 1.29 is 12.8 Å². The molecule has 0 atom stereocenters. The summed E-state index contributed by atoms with van der Waals surface area (Å²) in [4.78, 5) is 0.